The van der Waals surface area contributed by atoms with E-state index in [0.29, 0.717) is 35.1 Å². The quantitative estimate of drug-likeness (QED) is 0.620. The maximum absolute atomic E-state index is 12.8. The average Bonchev–Trinajstić information content (AvgIpc) is 2.77. The molecule has 1 aliphatic heterocycles. The van der Waals surface area contributed by atoms with E-state index in [1.54, 1.807) is 38.1 Å². The normalized spacial score (nSPS) is 14.5. The summed E-state index contributed by atoms with van der Waals surface area (Å²) in [7, 11) is -3.73. The number of rotatable bonds is 5. The van der Waals surface area contributed by atoms with E-state index < -0.39 is 10.0 Å². The molecule has 31 heavy (non-hydrogen) atoms. The second-order valence-electron chi connectivity index (χ2n) is 7.43. The zero-order valence-electron chi connectivity index (χ0n) is 17.3. The average molecular weight is 459 g/mol. The van der Waals surface area contributed by atoms with E-state index in [1.165, 1.54) is 0 Å². The third-order valence-corrected chi connectivity index (χ3v) is 7.09. The van der Waals surface area contributed by atoms with Crippen LogP contribution in [0.5, 0.6) is 0 Å². The van der Waals surface area contributed by atoms with Gasteiger partial charge in [0, 0.05) is 29.4 Å². The van der Waals surface area contributed by atoms with Gasteiger partial charge in [0.2, 0.25) is 0 Å². The van der Waals surface area contributed by atoms with Crippen molar-refractivity contribution in [1.82, 2.24) is 10.2 Å². The molecule has 1 aliphatic rings. The van der Waals surface area contributed by atoms with Crippen molar-refractivity contribution in [1.29, 1.82) is 0 Å². The molecule has 1 fully saturated rings. The summed E-state index contributed by atoms with van der Waals surface area (Å²) in [6.45, 7) is 6.49. The summed E-state index contributed by atoms with van der Waals surface area (Å²) in [5, 5.41) is 9.19. The number of anilines is 2. The number of halogens is 1. The lowest BCUT2D eigenvalue weighted by molar-refractivity contribution is 0.122. The summed E-state index contributed by atoms with van der Waals surface area (Å²) in [6.07, 6.45) is 0. The van der Waals surface area contributed by atoms with Gasteiger partial charge in [-0.2, -0.15) is 0 Å². The van der Waals surface area contributed by atoms with Crippen LogP contribution >= 0.6 is 11.6 Å². The zero-order valence-corrected chi connectivity index (χ0v) is 18.9. The molecule has 0 unspecified atom stereocenters. The van der Waals surface area contributed by atoms with Crippen LogP contribution in [-0.2, 0) is 14.8 Å². The number of morpholine rings is 1. The minimum absolute atomic E-state index is 0.211. The molecule has 1 saturated heterocycles. The van der Waals surface area contributed by atoms with Crippen molar-refractivity contribution in [2.24, 2.45) is 0 Å². The number of nitrogens with one attached hydrogen (secondary N) is 1. The van der Waals surface area contributed by atoms with Crippen LogP contribution in [0.15, 0.2) is 53.4 Å². The maximum Gasteiger partial charge on any atom is 0.262 e. The fourth-order valence-corrected chi connectivity index (χ4v) is 4.99. The van der Waals surface area contributed by atoms with Gasteiger partial charge in [0.1, 0.15) is 0 Å². The highest BCUT2D eigenvalue weighted by Gasteiger charge is 2.19. The smallest absolute Gasteiger partial charge is 0.262 e. The number of sulfonamides is 1. The summed E-state index contributed by atoms with van der Waals surface area (Å²) >= 11 is 6.09. The summed E-state index contributed by atoms with van der Waals surface area (Å²) in [4.78, 5) is 2.35. The van der Waals surface area contributed by atoms with Gasteiger partial charge in [-0.05, 0) is 61.4 Å². The second kappa shape index (κ2) is 8.82. The van der Waals surface area contributed by atoms with Gasteiger partial charge in [0.25, 0.3) is 10.0 Å². The minimum Gasteiger partial charge on any atom is -0.378 e. The highest BCUT2D eigenvalue weighted by Crippen LogP contribution is 2.27. The molecular formula is C22H23ClN4O3S. The Bertz CT molecular complexity index is 1180. The number of aryl methyl sites for hydroxylation is 2. The fraction of sp³-hybridized carbons (Fsp3) is 0.273. The van der Waals surface area contributed by atoms with Gasteiger partial charge < -0.3 is 9.64 Å². The van der Waals surface area contributed by atoms with Gasteiger partial charge in [-0.3, -0.25) is 4.72 Å². The van der Waals surface area contributed by atoms with Crippen LogP contribution in [0.2, 0.25) is 5.02 Å². The molecule has 2 aromatic carbocycles. The summed E-state index contributed by atoms with van der Waals surface area (Å²) < 4.78 is 33.7. The van der Waals surface area contributed by atoms with Gasteiger partial charge in [0.05, 0.1) is 23.8 Å². The van der Waals surface area contributed by atoms with E-state index in [1.807, 2.05) is 24.3 Å². The Balaban J connectivity index is 1.50. The summed E-state index contributed by atoms with van der Waals surface area (Å²) in [5.41, 5.74) is 3.34. The minimum atomic E-state index is -3.73. The van der Waals surface area contributed by atoms with E-state index in [0.717, 1.165) is 30.2 Å². The van der Waals surface area contributed by atoms with Crippen molar-refractivity contribution >= 4 is 33.1 Å². The molecule has 2 heterocycles. The Labute approximate surface area is 187 Å². The molecule has 0 bridgehead atoms. The molecule has 0 saturated carbocycles. The Morgan fingerprint density at radius 1 is 0.968 bits per heavy atom. The van der Waals surface area contributed by atoms with Gasteiger partial charge >= 0.3 is 0 Å². The van der Waals surface area contributed by atoms with E-state index >= 15 is 0 Å². The molecule has 7 nitrogen and oxygen atoms in total. The number of hydrogen-bond acceptors (Lipinski definition) is 6. The van der Waals surface area contributed by atoms with Crippen LogP contribution in [0.25, 0.3) is 11.3 Å². The predicted molar refractivity (Wildman–Crippen MR) is 122 cm³/mol. The highest BCUT2D eigenvalue weighted by atomic mass is 35.5. The Morgan fingerprint density at radius 2 is 1.68 bits per heavy atom. The molecule has 0 spiro atoms. The molecular weight excluding hydrogens is 436 g/mol. The molecule has 1 N–H and O–H groups in total. The lowest BCUT2D eigenvalue weighted by Crippen LogP contribution is -2.36. The molecule has 0 aliphatic carbocycles. The van der Waals surface area contributed by atoms with Crippen molar-refractivity contribution in [3.63, 3.8) is 0 Å². The van der Waals surface area contributed by atoms with Crippen LogP contribution in [0, 0.1) is 13.8 Å². The second-order valence-corrected chi connectivity index (χ2v) is 9.48. The number of nitrogens with zero attached hydrogens (tertiary/aromatic N) is 3. The van der Waals surface area contributed by atoms with Crippen LogP contribution in [0.3, 0.4) is 0 Å². The molecule has 162 valence electrons. The molecule has 0 amide bonds. The number of ether oxygens (including phenoxy) is 1. The van der Waals surface area contributed by atoms with Crippen molar-refractivity contribution < 1.29 is 13.2 Å². The lowest BCUT2D eigenvalue weighted by Gasteiger charge is -2.27. The van der Waals surface area contributed by atoms with Crippen molar-refractivity contribution in [2.75, 3.05) is 35.9 Å². The number of hydrogen-bond donors (Lipinski definition) is 1. The van der Waals surface area contributed by atoms with Gasteiger partial charge in [-0.1, -0.05) is 23.7 Å². The van der Waals surface area contributed by atoms with Crippen LogP contribution in [0.1, 0.15) is 11.1 Å². The predicted octanol–water partition coefficient (Wildman–Crippen LogP) is 4.05. The van der Waals surface area contributed by atoms with Crippen molar-refractivity contribution in [3.8, 4) is 11.3 Å². The van der Waals surface area contributed by atoms with Gasteiger partial charge in [-0.25, -0.2) is 8.42 Å². The third-order valence-electron chi connectivity index (χ3n) is 5.16. The monoisotopic (exact) mass is 458 g/mol. The number of aromatic nitrogens is 2. The topological polar surface area (TPSA) is 84.4 Å². The van der Waals surface area contributed by atoms with E-state index in [2.05, 4.69) is 19.8 Å². The Kier molecular flexibility index (Phi) is 6.13. The van der Waals surface area contributed by atoms with Gasteiger partial charge in [0.15, 0.2) is 5.82 Å². The fourth-order valence-electron chi connectivity index (χ4n) is 3.40. The van der Waals surface area contributed by atoms with Crippen LogP contribution in [0.4, 0.5) is 11.5 Å². The highest BCUT2D eigenvalue weighted by molar-refractivity contribution is 7.92. The molecule has 4 rings (SSSR count). The Hall–Kier alpha value is -2.68. The van der Waals surface area contributed by atoms with Crippen molar-refractivity contribution in [2.45, 2.75) is 18.7 Å². The molecule has 1 aromatic heterocycles. The van der Waals surface area contributed by atoms with E-state index in [9.17, 15) is 8.42 Å². The SMILES string of the molecule is Cc1cc(S(=O)(=O)Nc2ccc(-c3ccc(N4CCOCC4)nn3)cc2)c(C)cc1Cl. The first kappa shape index (κ1) is 21.5. The Morgan fingerprint density at radius 3 is 2.32 bits per heavy atom. The zero-order chi connectivity index (χ0) is 22.0. The number of benzene rings is 2. The summed E-state index contributed by atoms with van der Waals surface area (Å²) in [5.74, 6) is 0.824. The first-order valence-electron chi connectivity index (χ1n) is 9.90. The molecule has 0 radical (unpaired) electrons. The van der Waals surface area contributed by atoms with Crippen LogP contribution < -0.4 is 9.62 Å². The van der Waals surface area contributed by atoms with Crippen LogP contribution in [-0.4, -0.2) is 44.9 Å². The largest absolute Gasteiger partial charge is 0.378 e. The van der Waals surface area contributed by atoms with Gasteiger partial charge in [-0.15, -0.1) is 10.2 Å². The third kappa shape index (κ3) is 4.81. The molecule has 0 atom stereocenters. The first-order valence-corrected chi connectivity index (χ1v) is 11.8. The summed E-state index contributed by atoms with van der Waals surface area (Å²) in [6, 6.07) is 14.2. The lowest BCUT2D eigenvalue weighted by atomic mass is 10.1. The van der Waals surface area contributed by atoms with Crippen molar-refractivity contribution in [3.05, 3.63) is 64.7 Å². The maximum atomic E-state index is 12.8. The standard InChI is InChI=1S/C22H23ClN4O3S/c1-15-14-21(16(2)13-19(15)23)31(28,29)26-18-5-3-17(4-6-18)20-7-8-22(25-24-20)27-9-11-30-12-10-27/h3-8,13-14,26H,9-12H2,1-2H3. The van der Waals surface area contributed by atoms with E-state index in [4.69, 9.17) is 16.3 Å². The first-order chi connectivity index (χ1) is 14.8. The van der Waals surface area contributed by atoms with E-state index in [-0.39, 0.29) is 4.90 Å². The molecule has 9 heteroatoms. The molecule has 3 aromatic rings.